The molecule has 1 fully saturated rings. The molecule has 6 heteroatoms. The zero-order chi connectivity index (χ0) is 20.6. The van der Waals surface area contributed by atoms with Crippen LogP contribution in [-0.2, 0) is 17.6 Å². The van der Waals surface area contributed by atoms with Crippen LogP contribution < -0.4 is 15.4 Å². The van der Waals surface area contributed by atoms with E-state index in [4.69, 9.17) is 16.3 Å². The number of rotatable bonds is 8. The third kappa shape index (κ3) is 7.02. The molecule has 4 nitrogen and oxygen atoms in total. The highest BCUT2D eigenvalue weighted by atomic mass is 35.5. The van der Waals surface area contributed by atoms with E-state index in [-0.39, 0.29) is 18.4 Å². The second-order valence-electron chi connectivity index (χ2n) is 7.62. The first-order valence-electron chi connectivity index (χ1n) is 10.1. The Morgan fingerprint density at radius 1 is 1.07 bits per heavy atom. The second kappa shape index (κ2) is 10.6. The van der Waals surface area contributed by atoms with Crippen molar-refractivity contribution < 1.29 is 13.9 Å². The van der Waals surface area contributed by atoms with Crippen molar-refractivity contribution in [2.75, 3.05) is 13.7 Å². The monoisotopic (exact) mass is 418 g/mol. The van der Waals surface area contributed by atoms with Crippen LogP contribution in [0.2, 0.25) is 5.02 Å². The van der Waals surface area contributed by atoms with Gasteiger partial charge in [-0.05, 0) is 80.1 Å². The molecule has 0 saturated heterocycles. The van der Waals surface area contributed by atoms with E-state index < -0.39 is 5.82 Å². The third-order valence-electron chi connectivity index (χ3n) is 5.39. The second-order valence-corrected chi connectivity index (χ2v) is 8.06. The Hall–Kier alpha value is -2.11. The van der Waals surface area contributed by atoms with Gasteiger partial charge >= 0.3 is 0 Å². The van der Waals surface area contributed by atoms with E-state index in [1.54, 1.807) is 13.2 Å². The van der Waals surface area contributed by atoms with Crippen molar-refractivity contribution >= 4 is 17.5 Å². The van der Waals surface area contributed by atoms with Crippen LogP contribution in [-0.4, -0.2) is 31.6 Å². The maximum absolute atomic E-state index is 13.4. The summed E-state index contributed by atoms with van der Waals surface area (Å²) in [6.07, 6.45) is 5.12. The molecule has 0 unspecified atom stereocenters. The van der Waals surface area contributed by atoms with E-state index in [1.807, 2.05) is 12.1 Å². The number of carbonyl (C=O) groups excluding carboxylic acids is 1. The molecule has 2 aromatic rings. The summed E-state index contributed by atoms with van der Waals surface area (Å²) >= 11 is 5.85. The van der Waals surface area contributed by atoms with Gasteiger partial charge < -0.3 is 15.4 Å². The molecule has 0 heterocycles. The molecule has 2 N–H and O–H groups in total. The smallest absolute Gasteiger partial charge is 0.224 e. The molecule has 0 spiro atoms. The lowest BCUT2D eigenvalue weighted by molar-refractivity contribution is -0.121. The molecule has 29 heavy (non-hydrogen) atoms. The maximum atomic E-state index is 13.4. The van der Waals surface area contributed by atoms with Gasteiger partial charge in [-0.25, -0.2) is 4.39 Å². The summed E-state index contributed by atoms with van der Waals surface area (Å²) in [4.78, 5) is 12.3. The molecule has 0 bridgehead atoms. The summed E-state index contributed by atoms with van der Waals surface area (Å²) in [5.41, 5.74) is 1.89. The molecule has 1 aliphatic carbocycles. The summed E-state index contributed by atoms with van der Waals surface area (Å²) in [6.45, 7) is 0.939. The van der Waals surface area contributed by atoms with Crippen molar-refractivity contribution in [2.45, 2.75) is 50.6 Å². The van der Waals surface area contributed by atoms with Gasteiger partial charge in [-0.15, -0.1) is 0 Å². The zero-order valence-corrected chi connectivity index (χ0v) is 17.5. The van der Waals surface area contributed by atoms with E-state index in [0.29, 0.717) is 16.6 Å². The molecule has 0 radical (unpaired) electrons. The molecule has 2 aromatic carbocycles. The summed E-state index contributed by atoms with van der Waals surface area (Å²) in [6, 6.07) is 13.1. The molecule has 156 valence electrons. The number of benzene rings is 2. The first-order chi connectivity index (χ1) is 14.0. The maximum Gasteiger partial charge on any atom is 0.224 e. The van der Waals surface area contributed by atoms with Gasteiger partial charge in [0.2, 0.25) is 5.91 Å². The van der Waals surface area contributed by atoms with Crippen molar-refractivity contribution in [1.82, 2.24) is 10.6 Å². The van der Waals surface area contributed by atoms with Crippen molar-refractivity contribution in [2.24, 2.45) is 0 Å². The van der Waals surface area contributed by atoms with Crippen LogP contribution in [0.25, 0.3) is 0 Å². The van der Waals surface area contributed by atoms with Crippen LogP contribution in [0, 0.1) is 5.82 Å². The molecule has 1 aliphatic rings. The highest BCUT2D eigenvalue weighted by Crippen LogP contribution is 2.20. The number of methoxy groups -OCH3 is 1. The van der Waals surface area contributed by atoms with Gasteiger partial charge in [0.05, 0.1) is 13.5 Å². The predicted molar refractivity (Wildman–Crippen MR) is 114 cm³/mol. The van der Waals surface area contributed by atoms with Crippen molar-refractivity contribution in [1.29, 1.82) is 0 Å². The summed E-state index contributed by atoms with van der Waals surface area (Å²) in [5, 5.41) is 7.01. The molecule has 1 saturated carbocycles. The van der Waals surface area contributed by atoms with E-state index in [9.17, 15) is 9.18 Å². The number of halogens is 2. The standard InChI is InChI=1S/C23H28ClFN2O2/c1-29-22-8-2-16(3-9-22)10-11-26-20-4-6-21(7-5-20)27-23(28)14-17-12-18(24)15-19(25)13-17/h2-3,8-9,12-13,15,20-21,26H,4-7,10-11,14H2,1H3,(H,27,28). The Bertz CT molecular complexity index is 785. The van der Waals surface area contributed by atoms with Gasteiger partial charge in [0, 0.05) is 17.1 Å². The Kier molecular flexibility index (Phi) is 7.90. The van der Waals surface area contributed by atoms with Crippen LogP contribution in [0.5, 0.6) is 5.75 Å². The summed E-state index contributed by atoms with van der Waals surface area (Å²) < 4.78 is 18.6. The van der Waals surface area contributed by atoms with Crippen LogP contribution in [0.4, 0.5) is 4.39 Å². The Morgan fingerprint density at radius 3 is 2.41 bits per heavy atom. The van der Waals surface area contributed by atoms with Gasteiger partial charge in [-0.1, -0.05) is 23.7 Å². The average Bonchev–Trinajstić information content (AvgIpc) is 2.69. The number of nitrogens with one attached hydrogen (secondary N) is 2. The van der Waals surface area contributed by atoms with Gasteiger partial charge in [0.25, 0.3) is 0 Å². The highest BCUT2D eigenvalue weighted by molar-refractivity contribution is 6.30. The highest BCUT2D eigenvalue weighted by Gasteiger charge is 2.22. The molecular weight excluding hydrogens is 391 g/mol. The number of hydrogen-bond donors (Lipinski definition) is 2. The van der Waals surface area contributed by atoms with Crippen LogP contribution in [0.1, 0.15) is 36.8 Å². The quantitative estimate of drug-likeness (QED) is 0.672. The summed E-state index contributed by atoms with van der Waals surface area (Å²) in [5.74, 6) is 0.381. The first kappa shape index (κ1) is 21.6. The average molecular weight is 419 g/mol. The van der Waals surface area contributed by atoms with E-state index in [1.165, 1.54) is 17.7 Å². The topological polar surface area (TPSA) is 50.4 Å². The minimum Gasteiger partial charge on any atom is -0.497 e. The van der Waals surface area contributed by atoms with Crippen LogP contribution in [0.15, 0.2) is 42.5 Å². The third-order valence-corrected chi connectivity index (χ3v) is 5.60. The van der Waals surface area contributed by atoms with E-state index in [0.717, 1.165) is 44.4 Å². The molecule has 0 aromatic heterocycles. The lowest BCUT2D eigenvalue weighted by atomic mass is 9.91. The number of amides is 1. The number of carbonyl (C=O) groups is 1. The fourth-order valence-electron chi connectivity index (χ4n) is 3.83. The normalized spacial score (nSPS) is 19.0. The minimum atomic E-state index is -0.415. The molecule has 0 aliphatic heterocycles. The van der Waals surface area contributed by atoms with Crippen LogP contribution >= 0.6 is 11.6 Å². The largest absolute Gasteiger partial charge is 0.497 e. The molecule has 0 atom stereocenters. The minimum absolute atomic E-state index is 0.0809. The van der Waals surface area contributed by atoms with Gasteiger partial charge in [-0.3, -0.25) is 4.79 Å². The summed E-state index contributed by atoms with van der Waals surface area (Å²) in [7, 11) is 1.67. The number of ether oxygens (including phenoxy) is 1. The predicted octanol–water partition coefficient (Wildman–Crippen LogP) is 4.29. The van der Waals surface area contributed by atoms with Gasteiger partial charge in [0.15, 0.2) is 0 Å². The van der Waals surface area contributed by atoms with Gasteiger partial charge in [-0.2, -0.15) is 0 Å². The van der Waals surface area contributed by atoms with Crippen LogP contribution in [0.3, 0.4) is 0 Å². The molecule has 1 amide bonds. The Morgan fingerprint density at radius 2 is 1.76 bits per heavy atom. The van der Waals surface area contributed by atoms with Crippen molar-refractivity contribution in [3.05, 3.63) is 64.4 Å². The Balaban J connectivity index is 1.34. The van der Waals surface area contributed by atoms with E-state index in [2.05, 4.69) is 22.8 Å². The first-order valence-corrected chi connectivity index (χ1v) is 10.5. The fraction of sp³-hybridized carbons (Fsp3) is 0.435. The van der Waals surface area contributed by atoms with E-state index >= 15 is 0 Å². The van der Waals surface area contributed by atoms with Crippen molar-refractivity contribution in [3.8, 4) is 5.75 Å². The fourth-order valence-corrected chi connectivity index (χ4v) is 4.08. The van der Waals surface area contributed by atoms with Gasteiger partial charge in [0.1, 0.15) is 11.6 Å². The SMILES string of the molecule is COc1ccc(CCNC2CCC(NC(=O)Cc3cc(F)cc(Cl)c3)CC2)cc1. The zero-order valence-electron chi connectivity index (χ0n) is 16.7. The lowest BCUT2D eigenvalue weighted by Gasteiger charge is -2.30. The molecule has 3 rings (SSSR count). The lowest BCUT2D eigenvalue weighted by Crippen LogP contribution is -2.43. The van der Waals surface area contributed by atoms with Crippen molar-refractivity contribution in [3.63, 3.8) is 0 Å². The number of hydrogen-bond acceptors (Lipinski definition) is 3. The Labute approximate surface area is 176 Å². The molecular formula is C23H28ClFN2O2.